The summed E-state index contributed by atoms with van der Waals surface area (Å²) in [6, 6.07) is 0. The molecule has 1 saturated heterocycles. The summed E-state index contributed by atoms with van der Waals surface area (Å²) in [5.41, 5.74) is -0.498. The van der Waals surface area contributed by atoms with E-state index in [9.17, 15) is 14.7 Å². The fourth-order valence-corrected chi connectivity index (χ4v) is 2.78. The van der Waals surface area contributed by atoms with Gasteiger partial charge in [0, 0.05) is 24.9 Å². The highest BCUT2D eigenvalue weighted by Gasteiger charge is 2.33. The average Bonchev–Trinajstić information content (AvgIpc) is 2.52. The van der Waals surface area contributed by atoms with E-state index < -0.39 is 5.54 Å². The molecule has 0 aromatic rings. The summed E-state index contributed by atoms with van der Waals surface area (Å²) in [4.78, 5) is 26.2. The lowest BCUT2D eigenvalue weighted by molar-refractivity contribution is -0.138. The number of hydrogen-bond donors (Lipinski definition) is 2. The van der Waals surface area contributed by atoms with Crippen LogP contribution in [-0.2, 0) is 9.59 Å². The van der Waals surface area contributed by atoms with Crippen LogP contribution in [0.5, 0.6) is 0 Å². The summed E-state index contributed by atoms with van der Waals surface area (Å²) in [7, 11) is 0. The van der Waals surface area contributed by atoms with Crippen LogP contribution in [-0.4, -0.2) is 47.1 Å². The van der Waals surface area contributed by atoms with Crippen molar-refractivity contribution in [1.82, 2.24) is 10.2 Å². The summed E-state index contributed by atoms with van der Waals surface area (Å²) >= 11 is 0. The number of nitrogens with one attached hydrogen (secondary N) is 1. The van der Waals surface area contributed by atoms with Crippen LogP contribution >= 0.6 is 0 Å². The molecule has 1 aliphatic rings. The first-order valence-corrected chi connectivity index (χ1v) is 8.10. The van der Waals surface area contributed by atoms with Gasteiger partial charge in [-0.2, -0.15) is 0 Å². The second-order valence-corrected chi connectivity index (χ2v) is 6.39. The molecule has 2 amide bonds. The Labute approximate surface area is 128 Å². The molecule has 0 aromatic carbocycles. The molecule has 5 heteroatoms. The highest BCUT2D eigenvalue weighted by Crippen LogP contribution is 2.21. The molecule has 0 aliphatic carbocycles. The van der Waals surface area contributed by atoms with Crippen LogP contribution in [0, 0.1) is 11.8 Å². The van der Waals surface area contributed by atoms with Crippen molar-refractivity contribution in [3.05, 3.63) is 0 Å². The van der Waals surface area contributed by atoms with Gasteiger partial charge in [0.2, 0.25) is 11.8 Å². The molecule has 5 nitrogen and oxygen atoms in total. The van der Waals surface area contributed by atoms with Crippen molar-refractivity contribution in [3.8, 4) is 0 Å². The van der Waals surface area contributed by atoms with Gasteiger partial charge in [0.15, 0.2) is 0 Å². The zero-order chi connectivity index (χ0) is 16.0. The minimum Gasteiger partial charge on any atom is -0.394 e. The van der Waals surface area contributed by atoms with Crippen LogP contribution in [0.4, 0.5) is 0 Å². The van der Waals surface area contributed by atoms with Crippen LogP contribution in [0.25, 0.3) is 0 Å². The quantitative estimate of drug-likeness (QED) is 0.781. The molecule has 21 heavy (non-hydrogen) atoms. The predicted molar refractivity (Wildman–Crippen MR) is 82.7 cm³/mol. The summed E-state index contributed by atoms with van der Waals surface area (Å²) < 4.78 is 0. The van der Waals surface area contributed by atoms with Crippen LogP contribution in [0.1, 0.15) is 53.4 Å². The summed E-state index contributed by atoms with van der Waals surface area (Å²) in [5, 5.41) is 12.6. The molecule has 2 N–H and O–H groups in total. The van der Waals surface area contributed by atoms with Gasteiger partial charge in [0.25, 0.3) is 0 Å². The fraction of sp³-hybridized carbons (Fsp3) is 0.875. The number of aliphatic hydroxyl groups is 1. The molecule has 122 valence electrons. The maximum Gasteiger partial charge on any atom is 0.225 e. The van der Waals surface area contributed by atoms with Crippen molar-refractivity contribution in [2.24, 2.45) is 11.8 Å². The fourth-order valence-electron chi connectivity index (χ4n) is 2.78. The minimum atomic E-state index is -0.498. The van der Waals surface area contributed by atoms with Crippen molar-refractivity contribution in [1.29, 1.82) is 0 Å². The van der Waals surface area contributed by atoms with Crippen molar-refractivity contribution in [2.45, 2.75) is 58.9 Å². The van der Waals surface area contributed by atoms with Gasteiger partial charge in [-0.15, -0.1) is 0 Å². The Morgan fingerprint density at radius 3 is 2.14 bits per heavy atom. The average molecular weight is 298 g/mol. The van der Waals surface area contributed by atoms with Gasteiger partial charge in [-0.1, -0.05) is 27.7 Å². The third-order valence-electron chi connectivity index (χ3n) is 4.72. The predicted octanol–water partition coefficient (Wildman–Crippen LogP) is 1.55. The topological polar surface area (TPSA) is 69.6 Å². The second kappa shape index (κ2) is 7.78. The number of aliphatic hydroxyl groups excluding tert-OH is 1. The lowest BCUT2D eigenvalue weighted by atomic mass is 9.90. The Kier molecular flexibility index (Phi) is 6.65. The number of carbonyl (C=O) groups is 2. The van der Waals surface area contributed by atoms with E-state index in [-0.39, 0.29) is 30.3 Å². The first kappa shape index (κ1) is 18.0. The van der Waals surface area contributed by atoms with Gasteiger partial charge in [-0.25, -0.2) is 0 Å². The monoisotopic (exact) mass is 298 g/mol. The number of likely N-dealkylation sites (tertiary alicyclic amines) is 1. The molecule has 0 bridgehead atoms. The first-order valence-electron chi connectivity index (χ1n) is 8.10. The standard InChI is InChI=1S/C16H30N2O3/c1-5-16(6-2,11-19)17-14(20)13-7-9-18(10-8-13)15(21)12(3)4/h12-13,19H,5-11H2,1-4H3,(H,17,20). The number of amides is 2. The second-order valence-electron chi connectivity index (χ2n) is 6.39. The Hall–Kier alpha value is -1.10. The maximum atomic E-state index is 12.4. The van der Waals surface area contributed by atoms with Crippen LogP contribution in [0.3, 0.4) is 0 Å². The van der Waals surface area contributed by atoms with Gasteiger partial charge in [0.05, 0.1) is 12.1 Å². The zero-order valence-corrected chi connectivity index (χ0v) is 13.8. The molecule has 1 aliphatic heterocycles. The highest BCUT2D eigenvalue weighted by molar-refractivity contribution is 5.81. The Balaban J connectivity index is 2.54. The highest BCUT2D eigenvalue weighted by atomic mass is 16.3. The molecule has 0 spiro atoms. The SMILES string of the molecule is CCC(CC)(CO)NC(=O)C1CCN(C(=O)C(C)C)CC1. The molecular weight excluding hydrogens is 268 g/mol. The van der Waals surface area contributed by atoms with E-state index in [1.54, 1.807) is 0 Å². The molecule has 0 unspecified atom stereocenters. The molecule has 1 heterocycles. The lowest BCUT2D eigenvalue weighted by Crippen LogP contribution is -2.54. The largest absolute Gasteiger partial charge is 0.394 e. The van der Waals surface area contributed by atoms with E-state index in [4.69, 9.17) is 0 Å². The summed E-state index contributed by atoms with van der Waals surface area (Å²) in [5.74, 6) is 0.146. The molecular formula is C16H30N2O3. The molecule has 1 fully saturated rings. The number of hydrogen-bond acceptors (Lipinski definition) is 3. The van der Waals surface area contributed by atoms with Gasteiger partial charge in [-0.05, 0) is 25.7 Å². The Bertz CT molecular complexity index is 348. The lowest BCUT2D eigenvalue weighted by Gasteiger charge is -2.36. The molecule has 0 radical (unpaired) electrons. The normalized spacial score (nSPS) is 17.1. The van der Waals surface area contributed by atoms with Crippen molar-refractivity contribution in [3.63, 3.8) is 0 Å². The summed E-state index contributed by atoms with van der Waals surface area (Å²) in [6.07, 6.45) is 2.85. The minimum absolute atomic E-state index is 0.0117. The number of rotatable bonds is 6. The van der Waals surface area contributed by atoms with Gasteiger partial charge < -0.3 is 15.3 Å². The number of nitrogens with zero attached hydrogens (tertiary/aromatic N) is 1. The van der Waals surface area contributed by atoms with E-state index in [1.807, 2.05) is 32.6 Å². The smallest absolute Gasteiger partial charge is 0.225 e. The number of carbonyl (C=O) groups excluding carboxylic acids is 2. The third kappa shape index (κ3) is 4.43. The van der Waals surface area contributed by atoms with Gasteiger partial charge in [0.1, 0.15) is 0 Å². The van der Waals surface area contributed by atoms with E-state index in [0.29, 0.717) is 25.9 Å². The van der Waals surface area contributed by atoms with E-state index in [2.05, 4.69) is 5.32 Å². The van der Waals surface area contributed by atoms with Crippen LogP contribution in [0.2, 0.25) is 0 Å². The van der Waals surface area contributed by atoms with E-state index >= 15 is 0 Å². The Morgan fingerprint density at radius 2 is 1.76 bits per heavy atom. The van der Waals surface area contributed by atoms with E-state index in [1.165, 1.54) is 0 Å². The van der Waals surface area contributed by atoms with Crippen molar-refractivity contribution >= 4 is 11.8 Å². The van der Waals surface area contributed by atoms with Crippen LogP contribution < -0.4 is 5.32 Å². The van der Waals surface area contributed by atoms with Crippen molar-refractivity contribution in [2.75, 3.05) is 19.7 Å². The molecule has 1 rings (SSSR count). The van der Waals surface area contributed by atoms with E-state index in [0.717, 1.165) is 12.8 Å². The zero-order valence-electron chi connectivity index (χ0n) is 13.8. The van der Waals surface area contributed by atoms with Gasteiger partial charge in [-0.3, -0.25) is 9.59 Å². The Morgan fingerprint density at radius 1 is 1.24 bits per heavy atom. The van der Waals surface area contributed by atoms with Gasteiger partial charge >= 0.3 is 0 Å². The summed E-state index contributed by atoms with van der Waals surface area (Å²) in [6.45, 7) is 9.03. The molecule has 0 aromatic heterocycles. The molecule has 0 saturated carbocycles. The number of piperidine rings is 1. The third-order valence-corrected chi connectivity index (χ3v) is 4.72. The van der Waals surface area contributed by atoms with Crippen LogP contribution in [0.15, 0.2) is 0 Å². The maximum absolute atomic E-state index is 12.4. The first-order chi connectivity index (χ1) is 9.89. The van der Waals surface area contributed by atoms with Crippen molar-refractivity contribution < 1.29 is 14.7 Å². The molecule has 0 atom stereocenters.